The molecule has 0 amide bonds. The minimum absolute atomic E-state index is 1.13. The Bertz CT molecular complexity index is 135. The molecule has 0 aromatic carbocycles. The van der Waals surface area contributed by atoms with Gasteiger partial charge >= 0.3 is 0 Å². The fraction of sp³-hybridized carbons (Fsp3) is 0.625. The van der Waals surface area contributed by atoms with Crippen LogP contribution in [0.1, 0.15) is 32.9 Å². The second-order valence-corrected chi connectivity index (χ2v) is 2.45. The van der Waals surface area contributed by atoms with Crippen LogP contribution in [0.25, 0.3) is 0 Å². The number of nitrogens with zero attached hydrogens (tertiary/aromatic N) is 1. The molecule has 0 saturated heterocycles. The van der Waals surface area contributed by atoms with Crippen molar-refractivity contribution < 1.29 is 0 Å². The summed E-state index contributed by atoms with van der Waals surface area (Å²) in [7, 11) is 0. The van der Waals surface area contributed by atoms with Crippen LogP contribution in [0.15, 0.2) is 10.9 Å². The Morgan fingerprint density at radius 1 is 1.50 bits per heavy atom. The van der Waals surface area contributed by atoms with Crippen LogP contribution >= 0.6 is 11.3 Å². The lowest BCUT2D eigenvalue weighted by Crippen LogP contribution is -1.78. The molecule has 1 aromatic rings. The van der Waals surface area contributed by atoms with Crippen molar-refractivity contribution in [3.63, 3.8) is 0 Å². The van der Waals surface area contributed by atoms with Gasteiger partial charge in [0.1, 0.15) is 0 Å². The predicted molar refractivity (Wildman–Crippen MR) is 47.5 cm³/mol. The monoisotopic (exact) mass is 157 g/mol. The van der Waals surface area contributed by atoms with Gasteiger partial charge in [0, 0.05) is 5.38 Å². The number of aryl methyl sites for hydroxylation is 1. The van der Waals surface area contributed by atoms with Crippen LogP contribution in [0.5, 0.6) is 0 Å². The minimum Gasteiger partial charge on any atom is -0.250 e. The van der Waals surface area contributed by atoms with E-state index < -0.39 is 0 Å². The Kier molecular flexibility index (Phi) is 6.50. The van der Waals surface area contributed by atoms with E-state index in [1.807, 2.05) is 19.4 Å². The van der Waals surface area contributed by atoms with E-state index >= 15 is 0 Å². The van der Waals surface area contributed by atoms with Gasteiger partial charge in [-0.05, 0) is 6.42 Å². The maximum atomic E-state index is 4.12. The fourth-order valence-corrected chi connectivity index (χ4v) is 1.21. The van der Waals surface area contributed by atoms with Crippen LogP contribution in [-0.2, 0) is 6.42 Å². The molecule has 0 bridgehead atoms. The van der Waals surface area contributed by atoms with Gasteiger partial charge < -0.3 is 0 Å². The van der Waals surface area contributed by atoms with Crippen molar-refractivity contribution in [1.29, 1.82) is 0 Å². The molecule has 0 radical (unpaired) electrons. The van der Waals surface area contributed by atoms with E-state index in [0.717, 1.165) is 6.42 Å². The van der Waals surface area contributed by atoms with Gasteiger partial charge in [-0.25, -0.2) is 4.98 Å². The Hall–Kier alpha value is -0.370. The van der Waals surface area contributed by atoms with Gasteiger partial charge in [-0.15, -0.1) is 11.3 Å². The third-order valence-corrected chi connectivity index (χ3v) is 1.62. The highest BCUT2D eigenvalue weighted by atomic mass is 32.1. The Labute approximate surface area is 67.1 Å². The lowest BCUT2D eigenvalue weighted by molar-refractivity contribution is 0.893. The molecule has 0 spiro atoms. The third kappa shape index (κ3) is 3.62. The van der Waals surface area contributed by atoms with Gasteiger partial charge in [-0.2, -0.15) is 0 Å². The molecule has 0 aliphatic rings. The highest BCUT2D eigenvalue weighted by molar-refractivity contribution is 7.07. The maximum absolute atomic E-state index is 4.12. The average molecular weight is 157 g/mol. The van der Waals surface area contributed by atoms with Crippen LogP contribution in [0.3, 0.4) is 0 Å². The van der Waals surface area contributed by atoms with Gasteiger partial charge in [0.05, 0.1) is 11.2 Å². The predicted octanol–water partition coefficient (Wildman–Crippen LogP) is 3.12. The summed E-state index contributed by atoms with van der Waals surface area (Å²) in [5, 5.41) is 2.10. The lowest BCUT2D eigenvalue weighted by Gasteiger charge is -1.84. The minimum atomic E-state index is 1.13. The van der Waals surface area contributed by atoms with Crippen LogP contribution in [0.2, 0.25) is 0 Å². The van der Waals surface area contributed by atoms with Crippen molar-refractivity contribution in [1.82, 2.24) is 4.98 Å². The van der Waals surface area contributed by atoms with Gasteiger partial charge in [0.25, 0.3) is 0 Å². The molecule has 1 heterocycles. The summed E-state index contributed by atoms with van der Waals surface area (Å²) < 4.78 is 0. The zero-order valence-electron chi connectivity index (χ0n) is 6.92. The summed E-state index contributed by atoms with van der Waals surface area (Å²) in [6.45, 7) is 6.17. The number of rotatable bonds is 2. The molecule has 0 fully saturated rings. The van der Waals surface area contributed by atoms with E-state index in [-0.39, 0.29) is 0 Å². The summed E-state index contributed by atoms with van der Waals surface area (Å²) in [6.07, 6.45) is 2.33. The summed E-state index contributed by atoms with van der Waals surface area (Å²) >= 11 is 1.67. The van der Waals surface area contributed by atoms with Gasteiger partial charge in [0.15, 0.2) is 0 Å². The van der Waals surface area contributed by atoms with E-state index in [9.17, 15) is 0 Å². The molecule has 0 unspecified atom stereocenters. The average Bonchev–Trinajstić information content (AvgIpc) is 2.46. The first-order chi connectivity index (χ1) is 4.93. The first kappa shape index (κ1) is 9.63. The number of aromatic nitrogens is 1. The van der Waals surface area contributed by atoms with Crippen LogP contribution in [-0.4, -0.2) is 4.98 Å². The number of hydrogen-bond donors (Lipinski definition) is 0. The van der Waals surface area contributed by atoms with Gasteiger partial charge in [0.2, 0.25) is 0 Å². The highest BCUT2D eigenvalue weighted by Crippen LogP contribution is 2.02. The number of thiazole rings is 1. The zero-order chi connectivity index (χ0) is 7.82. The van der Waals surface area contributed by atoms with Crippen molar-refractivity contribution >= 4 is 11.3 Å². The molecule has 58 valence electrons. The molecule has 1 rings (SSSR count). The highest BCUT2D eigenvalue weighted by Gasteiger charge is 1.88. The van der Waals surface area contributed by atoms with Crippen molar-refractivity contribution in [2.24, 2.45) is 0 Å². The molecule has 0 atom stereocenters. The van der Waals surface area contributed by atoms with E-state index in [4.69, 9.17) is 0 Å². The first-order valence-electron chi connectivity index (χ1n) is 3.80. The Balaban J connectivity index is 0.000000371. The fourth-order valence-electron chi connectivity index (χ4n) is 0.617. The summed E-state index contributed by atoms with van der Waals surface area (Å²) in [5.41, 5.74) is 3.11. The SMILES string of the molecule is CC.CCCc1cscn1. The van der Waals surface area contributed by atoms with E-state index in [2.05, 4.69) is 17.3 Å². The second-order valence-electron chi connectivity index (χ2n) is 1.73. The Morgan fingerprint density at radius 3 is 2.60 bits per heavy atom. The lowest BCUT2D eigenvalue weighted by atomic mass is 10.3. The number of hydrogen-bond acceptors (Lipinski definition) is 2. The quantitative estimate of drug-likeness (QED) is 0.642. The maximum Gasteiger partial charge on any atom is 0.0794 e. The standard InChI is InChI=1S/C6H9NS.C2H6/c1-2-3-6-4-8-5-7-6;1-2/h4-5H,2-3H2,1H3;1-2H3. The molecule has 0 N–H and O–H groups in total. The van der Waals surface area contributed by atoms with Gasteiger partial charge in [-0.3, -0.25) is 0 Å². The topological polar surface area (TPSA) is 12.9 Å². The molecule has 1 nitrogen and oxygen atoms in total. The van der Waals surface area contributed by atoms with E-state index in [1.165, 1.54) is 12.1 Å². The molecular weight excluding hydrogens is 142 g/mol. The third-order valence-electron chi connectivity index (χ3n) is 0.990. The molecule has 0 saturated carbocycles. The van der Waals surface area contributed by atoms with Crippen molar-refractivity contribution in [2.45, 2.75) is 33.6 Å². The molecule has 2 heteroatoms. The van der Waals surface area contributed by atoms with Crippen LogP contribution in [0, 0.1) is 0 Å². The van der Waals surface area contributed by atoms with E-state index in [1.54, 1.807) is 11.3 Å². The summed E-state index contributed by atoms with van der Waals surface area (Å²) in [5.74, 6) is 0. The van der Waals surface area contributed by atoms with Crippen molar-refractivity contribution in [2.75, 3.05) is 0 Å². The normalized spacial score (nSPS) is 8.30. The Morgan fingerprint density at radius 2 is 2.20 bits per heavy atom. The molecule has 0 aliphatic heterocycles. The van der Waals surface area contributed by atoms with Crippen LogP contribution in [0.4, 0.5) is 0 Å². The van der Waals surface area contributed by atoms with E-state index in [0.29, 0.717) is 0 Å². The molecule has 1 aromatic heterocycles. The second kappa shape index (κ2) is 6.75. The van der Waals surface area contributed by atoms with Crippen LogP contribution < -0.4 is 0 Å². The summed E-state index contributed by atoms with van der Waals surface area (Å²) in [4.78, 5) is 4.12. The zero-order valence-corrected chi connectivity index (χ0v) is 7.74. The largest absolute Gasteiger partial charge is 0.250 e. The molecule has 0 aliphatic carbocycles. The smallest absolute Gasteiger partial charge is 0.0794 e. The van der Waals surface area contributed by atoms with Crippen molar-refractivity contribution in [3.8, 4) is 0 Å². The van der Waals surface area contributed by atoms with Gasteiger partial charge in [-0.1, -0.05) is 27.2 Å². The molecule has 10 heavy (non-hydrogen) atoms. The first-order valence-corrected chi connectivity index (χ1v) is 4.75. The van der Waals surface area contributed by atoms with Crippen molar-refractivity contribution in [3.05, 3.63) is 16.6 Å². The molecular formula is C8H15NS. The summed E-state index contributed by atoms with van der Waals surface area (Å²) in [6, 6.07) is 0.